The van der Waals surface area contributed by atoms with Gasteiger partial charge >= 0.3 is 0 Å². The lowest BCUT2D eigenvalue weighted by atomic mass is 9.66. The van der Waals surface area contributed by atoms with Crippen LogP contribution in [0.15, 0.2) is 67.0 Å². The molecule has 1 N–H and O–H groups in total. The van der Waals surface area contributed by atoms with Gasteiger partial charge in [-0.3, -0.25) is 9.58 Å². The Balaban J connectivity index is 1.38. The molecule has 3 aromatic rings. The Hall–Kier alpha value is -2.63. The summed E-state index contributed by atoms with van der Waals surface area (Å²) in [6.45, 7) is 2.51. The van der Waals surface area contributed by atoms with Crippen LogP contribution in [0.3, 0.4) is 0 Å². The van der Waals surface area contributed by atoms with E-state index in [0.717, 1.165) is 49.2 Å². The van der Waals surface area contributed by atoms with Gasteiger partial charge in [-0.2, -0.15) is 5.10 Å². The van der Waals surface area contributed by atoms with Crippen LogP contribution in [0.5, 0.6) is 5.75 Å². The van der Waals surface area contributed by atoms with E-state index >= 15 is 0 Å². The summed E-state index contributed by atoms with van der Waals surface area (Å²) in [4.78, 5) is 2.61. The number of methoxy groups -OCH3 is 1. The maximum Gasteiger partial charge on any atom is 0.123 e. The summed E-state index contributed by atoms with van der Waals surface area (Å²) >= 11 is 0. The summed E-state index contributed by atoms with van der Waals surface area (Å²) < 4.78 is 7.54. The van der Waals surface area contributed by atoms with Crippen molar-refractivity contribution < 1.29 is 9.84 Å². The second-order valence-electron chi connectivity index (χ2n) is 9.32. The third kappa shape index (κ3) is 4.07. The van der Waals surface area contributed by atoms with Gasteiger partial charge in [0.05, 0.1) is 19.3 Å². The van der Waals surface area contributed by atoms with Crippen LogP contribution in [0, 0.1) is 5.92 Å². The zero-order valence-corrected chi connectivity index (χ0v) is 18.9. The summed E-state index contributed by atoms with van der Waals surface area (Å²) in [5, 5.41) is 16.2. The number of hydrogen-bond donors (Lipinski definition) is 1. The van der Waals surface area contributed by atoms with Gasteiger partial charge in [0.15, 0.2) is 0 Å². The highest BCUT2D eigenvalue weighted by atomic mass is 16.5. The van der Waals surface area contributed by atoms with Crippen LogP contribution in [0.25, 0.3) is 0 Å². The summed E-state index contributed by atoms with van der Waals surface area (Å²) in [5.74, 6) is 1.19. The van der Waals surface area contributed by atoms with Crippen molar-refractivity contribution in [3.05, 3.63) is 83.7 Å². The van der Waals surface area contributed by atoms with Crippen molar-refractivity contribution in [1.82, 2.24) is 14.7 Å². The van der Waals surface area contributed by atoms with Crippen molar-refractivity contribution in [2.24, 2.45) is 5.92 Å². The maximum absolute atomic E-state index is 11.8. The minimum atomic E-state index is -0.714. The molecule has 0 bridgehead atoms. The van der Waals surface area contributed by atoms with Crippen molar-refractivity contribution in [2.45, 2.75) is 56.8 Å². The summed E-state index contributed by atoms with van der Waals surface area (Å²) in [7, 11) is 1.73. The molecule has 168 valence electrons. The van der Waals surface area contributed by atoms with E-state index in [1.54, 1.807) is 13.3 Å². The first-order valence-corrected chi connectivity index (χ1v) is 11.8. The molecule has 2 fully saturated rings. The van der Waals surface area contributed by atoms with Gasteiger partial charge in [0.1, 0.15) is 5.75 Å². The lowest BCUT2D eigenvalue weighted by Gasteiger charge is -2.52. The minimum Gasteiger partial charge on any atom is -0.496 e. The lowest BCUT2D eigenvalue weighted by molar-refractivity contribution is -0.123. The standard InChI is InChI=1S/C27H33N3O2/c1-32-26-13-12-21(18-22(26)20-30-16-7-15-28-30)19-29-17-14-27(31,23-8-3-2-4-9-23)24-10-5-6-11-25(24)29/h2-4,7-9,12-13,15-16,18,24-25,31H,5-6,10-11,14,17,19-20H2,1H3/t24-,25+,27+/m0/s1. The van der Waals surface area contributed by atoms with Crippen molar-refractivity contribution >= 4 is 0 Å². The van der Waals surface area contributed by atoms with Crippen LogP contribution in [-0.2, 0) is 18.7 Å². The molecular weight excluding hydrogens is 398 g/mol. The van der Waals surface area contributed by atoms with E-state index in [4.69, 9.17) is 4.74 Å². The molecule has 1 saturated heterocycles. The summed E-state index contributed by atoms with van der Waals surface area (Å²) in [6.07, 6.45) is 9.29. The zero-order chi connectivity index (χ0) is 22.0. The SMILES string of the molecule is COc1ccc(CN2CC[C@@](O)(c3ccccc3)[C@H]3CCCC[C@H]32)cc1Cn1cccn1. The smallest absolute Gasteiger partial charge is 0.123 e. The van der Waals surface area contributed by atoms with Crippen LogP contribution in [0.2, 0.25) is 0 Å². The molecule has 2 aromatic carbocycles. The molecule has 5 nitrogen and oxygen atoms in total. The zero-order valence-electron chi connectivity index (χ0n) is 18.9. The quantitative estimate of drug-likeness (QED) is 0.620. The second-order valence-corrected chi connectivity index (χ2v) is 9.32. The highest BCUT2D eigenvalue weighted by molar-refractivity contribution is 5.37. The Morgan fingerprint density at radius 2 is 1.91 bits per heavy atom. The number of rotatable bonds is 6. The van der Waals surface area contributed by atoms with Crippen molar-refractivity contribution in [3.8, 4) is 5.75 Å². The molecule has 5 rings (SSSR count). The fourth-order valence-corrected chi connectivity index (χ4v) is 5.91. The first-order chi connectivity index (χ1) is 15.7. The number of hydrogen-bond acceptors (Lipinski definition) is 4. The van der Waals surface area contributed by atoms with Crippen LogP contribution in [0.4, 0.5) is 0 Å². The third-order valence-electron chi connectivity index (χ3n) is 7.49. The van der Waals surface area contributed by atoms with Crippen LogP contribution in [0.1, 0.15) is 48.8 Å². The monoisotopic (exact) mass is 431 g/mol. The minimum absolute atomic E-state index is 0.286. The van der Waals surface area contributed by atoms with Gasteiger partial charge in [0.25, 0.3) is 0 Å². The van der Waals surface area contributed by atoms with Gasteiger partial charge in [-0.15, -0.1) is 0 Å². The normalized spacial score (nSPS) is 25.9. The first-order valence-electron chi connectivity index (χ1n) is 11.8. The summed E-state index contributed by atoms with van der Waals surface area (Å²) in [5.41, 5.74) is 2.81. The van der Waals surface area contributed by atoms with E-state index in [1.807, 2.05) is 23.0 Å². The van der Waals surface area contributed by atoms with Gasteiger partial charge < -0.3 is 9.84 Å². The largest absolute Gasteiger partial charge is 0.496 e. The average Bonchev–Trinajstić information content (AvgIpc) is 3.35. The number of nitrogens with zero attached hydrogens (tertiary/aromatic N) is 3. The number of aromatic nitrogens is 2. The van der Waals surface area contributed by atoms with Crippen LogP contribution in [-0.4, -0.2) is 39.5 Å². The number of fused-ring (bicyclic) bond motifs is 1. The average molecular weight is 432 g/mol. The molecule has 0 unspecified atom stereocenters. The molecular formula is C27H33N3O2. The van der Waals surface area contributed by atoms with E-state index in [1.165, 1.54) is 18.4 Å². The maximum atomic E-state index is 11.8. The number of aliphatic hydroxyl groups is 1. The molecule has 32 heavy (non-hydrogen) atoms. The first kappa shape index (κ1) is 21.2. The van der Waals surface area contributed by atoms with Crippen LogP contribution < -0.4 is 4.74 Å². The molecule has 1 aromatic heterocycles. The predicted molar refractivity (Wildman–Crippen MR) is 125 cm³/mol. The molecule has 0 spiro atoms. The molecule has 0 radical (unpaired) electrons. The molecule has 2 heterocycles. The van der Waals surface area contributed by atoms with Crippen molar-refractivity contribution in [1.29, 1.82) is 0 Å². The lowest BCUT2D eigenvalue weighted by Crippen LogP contribution is -2.57. The Kier molecular flexibility index (Phi) is 6.03. The molecule has 3 atom stereocenters. The molecule has 1 saturated carbocycles. The fourth-order valence-electron chi connectivity index (χ4n) is 5.91. The van der Waals surface area contributed by atoms with E-state index in [9.17, 15) is 5.11 Å². The van der Waals surface area contributed by atoms with E-state index in [2.05, 4.69) is 52.5 Å². The van der Waals surface area contributed by atoms with Gasteiger partial charge in [-0.05, 0) is 48.6 Å². The predicted octanol–water partition coefficient (Wildman–Crippen LogP) is 4.59. The molecule has 1 aliphatic carbocycles. The van der Waals surface area contributed by atoms with Crippen molar-refractivity contribution in [3.63, 3.8) is 0 Å². The summed E-state index contributed by atoms with van der Waals surface area (Å²) in [6, 6.07) is 19.2. The molecule has 5 heteroatoms. The fraction of sp³-hybridized carbons (Fsp3) is 0.444. The molecule has 1 aliphatic heterocycles. The van der Waals surface area contributed by atoms with E-state index < -0.39 is 5.60 Å². The van der Waals surface area contributed by atoms with Gasteiger partial charge in [-0.1, -0.05) is 49.2 Å². The number of likely N-dealkylation sites (tertiary alicyclic amines) is 1. The van der Waals surface area contributed by atoms with Gasteiger partial charge in [0, 0.05) is 43.0 Å². The van der Waals surface area contributed by atoms with Gasteiger partial charge in [0.2, 0.25) is 0 Å². The number of benzene rings is 2. The Labute approximate surface area is 190 Å². The Morgan fingerprint density at radius 1 is 1.06 bits per heavy atom. The Morgan fingerprint density at radius 3 is 2.69 bits per heavy atom. The van der Waals surface area contributed by atoms with Crippen LogP contribution >= 0.6 is 0 Å². The van der Waals surface area contributed by atoms with E-state index in [-0.39, 0.29) is 5.92 Å². The molecule has 0 amide bonds. The van der Waals surface area contributed by atoms with Crippen molar-refractivity contribution in [2.75, 3.05) is 13.7 Å². The highest BCUT2D eigenvalue weighted by Gasteiger charge is 2.48. The number of ether oxygens (including phenoxy) is 1. The van der Waals surface area contributed by atoms with Gasteiger partial charge in [-0.25, -0.2) is 0 Å². The third-order valence-corrected chi connectivity index (χ3v) is 7.49. The number of piperidine rings is 1. The topological polar surface area (TPSA) is 50.5 Å². The highest BCUT2D eigenvalue weighted by Crippen LogP contribution is 2.47. The Bertz CT molecular complexity index is 1020. The second kappa shape index (κ2) is 9.08. The van der Waals surface area contributed by atoms with E-state index in [0.29, 0.717) is 12.6 Å². The molecule has 2 aliphatic rings.